The van der Waals surface area contributed by atoms with Crippen molar-refractivity contribution in [2.24, 2.45) is 0 Å². The Morgan fingerprint density at radius 3 is 2.48 bits per heavy atom. The van der Waals surface area contributed by atoms with Crippen LogP contribution in [0.3, 0.4) is 0 Å². The molecule has 1 aromatic carbocycles. The molecule has 1 fully saturated rings. The maximum Gasteiger partial charge on any atom is 0.205 e. The van der Waals surface area contributed by atoms with Crippen molar-refractivity contribution >= 4 is 45.1 Å². The topological polar surface area (TPSA) is 20.3 Å². The van der Waals surface area contributed by atoms with Gasteiger partial charge >= 0.3 is 0 Å². The molecule has 1 aliphatic rings. The Balaban J connectivity index is 1.77. The zero-order valence-corrected chi connectivity index (χ0v) is 16.1. The molecule has 3 heterocycles. The molecule has 0 atom stereocenters. The van der Waals surface area contributed by atoms with E-state index in [1.165, 1.54) is 30.6 Å². The Hall–Kier alpha value is -1.62. The number of halogens is 1. The standard InChI is InChI=1S/C20H18ClNOS2/c21-15-8-6-14(7-9-15)18-13-16(19(23)17-5-4-12-24-17)20(25-18)22-10-2-1-3-11-22/h4-9,12-13H,1-3,10-11H2. The maximum atomic E-state index is 13.0. The molecule has 0 aliphatic carbocycles. The second-order valence-corrected chi connectivity index (χ2v) is 8.61. The molecule has 128 valence electrons. The highest BCUT2D eigenvalue weighted by Crippen LogP contribution is 2.40. The Morgan fingerprint density at radius 1 is 1.04 bits per heavy atom. The first-order valence-corrected chi connectivity index (χ1v) is 10.5. The average Bonchev–Trinajstić information content (AvgIpc) is 3.33. The van der Waals surface area contributed by atoms with Crippen molar-refractivity contribution < 1.29 is 4.79 Å². The van der Waals surface area contributed by atoms with Crippen molar-refractivity contribution in [3.8, 4) is 10.4 Å². The summed E-state index contributed by atoms with van der Waals surface area (Å²) in [7, 11) is 0. The number of carbonyl (C=O) groups excluding carboxylic acids is 1. The average molecular weight is 388 g/mol. The summed E-state index contributed by atoms with van der Waals surface area (Å²) in [5, 5.41) is 3.80. The van der Waals surface area contributed by atoms with E-state index in [-0.39, 0.29) is 5.78 Å². The van der Waals surface area contributed by atoms with Gasteiger partial charge in [0, 0.05) is 23.0 Å². The first kappa shape index (κ1) is 16.8. The summed E-state index contributed by atoms with van der Waals surface area (Å²) in [6.07, 6.45) is 3.67. The second kappa shape index (κ2) is 7.32. The lowest BCUT2D eigenvalue weighted by molar-refractivity contribution is 0.104. The Bertz CT molecular complexity index is 862. The predicted octanol–water partition coefficient (Wildman–Crippen LogP) is 6.35. The molecular weight excluding hydrogens is 370 g/mol. The van der Waals surface area contributed by atoms with Crippen LogP contribution in [0.2, 0.25) is 5.02 Å². The largest absolute Gasteiger partial charge is 0.363 e. The Morgan fingerprint density at radius 2 is 1.80 bits per heavy atom. The molecule has 0 N–H and O–H groups in total. The SMILES string of the molecule is O=C(c1cccs1)c1cc(-c2ccc(Cl)cc2)sc1N1CCCCC1. The summed E-state index contributed by atoms with van der Waals surface area (Å²) in [6, 6.07) is 13.7. The van der Waals surface area contributed by atoms with Gasteiger partial charge in [-0.05, 0) is 54.5 Å². The number of anilines is 1. The number of carbonyl (C=O) groups is 1. The fourth-order valence-corrected chi connectivity index (χ4v) is 5.19. The van der Waals surface area contributed by atoms with Gasteiger partial charge in [-0.15, -0.1) is 22.7 Å². The summed E-state index contributed by atoms with van der Waals surface area (Å²) < 4.78 is 0. The van der Waals surface area contributed by atoms with E-state index in [2.05, 4.69) is 11.0 Å². The number of thiophene rings is 2. The summed E-state index contributed by atoms with van der Waals surface area (Å²) in [5.74, 6) is 0.132. The van der Waals surface area contributed by atoms with E-state index in [1.54, 1.807) is 11.3 Å². The molecule has 0 radical (unpaired) electrons. The van der Waals surface area contributed by atoms with E-state index >= 15 is 0 Å². The van der Waals surface area contributed by atoms with Crippen molar-refractivity contribution in [1.82, 2.24) is 0 Å². The lowest BCUT2D eigenvalue weighted by Crippen LogP contribution is -2.29. The lowest BCUT2D eigenvalue weighted by Gasteiger charge is -2.28. The first-order chi connectivity index (χ1) is 12.2. The van der Waals surface area contributed by atoms with Crippen molar-refractivity contribution in [2.75, 3.05) is 18.0 Å². The highest BCUT2D eigenvalue weighted by atomic mass is 35.5. The summed E-state index contributed by atoms with van der Waals surface area (Å²) in [5.41, 5.74) is 1.94. The van der Waals surface area contributed by atoms with E-state index in [0.29, 0.717) is 0 Å². The number of ketones is 1. The van der Waals surface area contributed by atoms with E-state index in [1.807, 2.05) is 41.8 Å². The number of benzene rings is 1. The Kier molecular flexibility index (Phi) is 4.93. The van der Waals surface area contributed by atoms with Crippen LogP contribution < -0.4 is 4.90 Å². The van der Waals surface area contributed by atoms with E-state index in [9.17, 15) is 4.79 Å². The molecule has 0 unspecified atom stereocenters. The van der Waals surface area contributed by atoms with Crippen LogP contribution in [-0.4, -0.2) is 18.9 Å². The first-order valence-electron chi connectivity index (χ1n) is 8.45. The fraction of sp³-hybridized carbons (Fsp3) is 0.250. The summed E-state index contributed by atoms with van der Waals surface area (Å²) >= 11 is 9.24. The van der Waals surface area contributed by atoms with Gasteiger partial charge in [-0.3, -0.25) is 4.79 Å². The molecule has 0 bridgehead atoms. The van der Waals surface area contributed by atoms with Gasteiger partial charge in [-0.25, -0.2) is 0 Å². The molecule has 5 heteroatoms. The van der Waals surface area contributed by atoms with Gasteiger partial charge in [0.1, 0.15) is 5.00 Å². The molecule has 3 aromatic rings. The number of piperidine rings is 1. The van der Waals surface area contributed by atoms with E-state index < -0.39 is 0 Å². The third-order valence-corrected chi connectivity index (χ3v) is 6.84. The van der Waals surface area contributed by atoms with Gasteiger partial charge in [-0.1, -0.05) is 29.8 Å². The van der Waals surface area contributed by atoms with Crippen molar-refractivity contribution in [3.05, 3.63) is 63.3 Å². The molecule has 25 heavy (non-hydrogen) atoms. The minimum atomic E-state index is 0.132. The number of nitrogens with zero attached hydrogens (tertiary/aromatic N) is 1. The van der Waals surface area contributed by atoms with Crippen LogP contribution in [0, 0.1) is 0 Å². The monoisotopic (exact) mass is 387 g/mol. The van der Waals surface area contributed by atoms with Crippen LogP contribution >= 0.6 is 34.3 Å². The van der Waals surface area contributed by atoms with Crippen LogP contribution in [0.25, 0.3) is 10.4 Å². The van der Waals surface area contributed by atoms with E-state index in [4.69, 9.17) is 11.6 Å². The third-order valence-electron chi connectivity index (χ3n) is 4.47. The maximum absolute atomic E-state index is 13.0. The quantitative estimate of drug-likeness (QED) is 0.486. The van der Waals surface area contributed by atoms with Crippen LogP contribution in [0.4, 0.5) is 5.00 Å². The summed E-state index contributed by atoms with van der Waals surface area (Å²) in [4.78, 5) is 17.3. The van der Waals surface area contributed by atoms with Crippen LogP contribution in [0.1, 0.15) is 34.5 Å². The Labute approximate surface area is 160 Å². The smallest absolute Gasteiger partial charge is 0.205 e. The van der Waals surface area contributed by atoms with Gasteiger partial charge in [0.2, 0.25) is 5.78 Å². The predicted molar refractivity (Wildman–Crippen MR) is 109 cm³/mol. The molecule has 0 spiro atoms. The lowest BCUT2D eigenvalue weighted by atomic mass is 10.1. The van der Waals surface area contributed by atoms with Gasteiger partial charge < -0.3 is 4.90 Å². The van der Waals surface area contributed by atoms with Crippen LogP contribution in [-0.2, 0) is 0 Å². The zero-order valence-electron chi connectivity index (χ0n) is 13.7. The number of hydrogen-bond donors (Lipinski definition) is 0. The summed E-state index contributed by atoms with van der Waals surface area (Å²) in [6.45, 7) is 2.07. The van der Waals surface area contributed by atoms with Crippen molar-refractivity contribution in [3.63, 3.8) is 0 Å². The van der Waals surface area contributed by atoms with Gasteiger partial charge in [0.05, 0.1) is 10.4 Å². The molecule has 2 nitrogen and oxygen atoms in total. The number of hydrogen-bond acceptors (Lipinski definition) is 4. The molecule has 1 saturated heterocycles. The molecular formula is C20H18ClNOS2. The third kappa shape index (κ3) is 3.52. The highest BCUT2D eigenvalue weighted by molar-refractivity contribution is 7.20. The van der Waals surface area contributed by atoms with Gasteiger partial charge in [-0.2, -0.15) is 0 Å². The molecule has 0 amide bonds. The molecule has 2 aromatic heterocycles. The van der Waals surface area contributed by atoms with Gasteiger partial charge in [0.25, 0.3) is 0 Å². The van der Waals surface area contributed by atoms with Crippen molar-refractivity contribution in [1.29, 1.82) is 0 Å². The van der Waals surface area contributed by atoms with E-state index in [0.717, 1.165) is 44.0 Å². The molecule has 0 saturated carbocycles. The highest BCUT2D eigenvalue weighted by Gasteiger charge is 2.24. The second-order valence-electron chi connectivity index (χ2n) is 6.19. The number of rotatable bonds is 4. The van der Waals surface area contributed by atoms with Crippen LogP contribution in [0.5, 0.6) is 0 Å². The molecule has 4 rings (SSSR count). The van der Waals surface area contributed by atoms with Gasteiger partial charge in [0.15, 0.2) is 0 Å². The normalized spacial score (nSPS) is 14.7. The minimum absolute atomic E-state index is 0.132. The minimum Gasteiger partial charge on any atom is -0.363 e. The van der Waals surface area contributed by atoms with Crippen molar-refractivity contribution in [2.45, 2.75) is 19.3 Å². The zero-order chi connectivity index (χ0) is 17.2. The van der Waals surface area contributed by atoms with Crippen LogP contribution in [0.15, 0.2) is 47.8 Å². The fourth-order valence-electron chi connectivity index (χ4n) is 3.17. The molecule has 1 aliphatic heterocycles.